The van der Waals surface area contributed by atoms with Gasteiger partial charge in [-0.2, -0.15) is 13.2 Å². The normalized spacial score (nSPS) is 12.2. The van der Waals surface area contributed by atoms with Crippen LogP contribution in [0, 0.1) is 0 Å². The molecule has 0 fully saturated rings. The Morgan fingerprint density at radius 1 is 1.09 bits per heavy atom. The number of benzene rings is 2. The van der Waals surface area contributed by atoms with Crippen molar-refractivity contribution in [2.75, 3.05) is 4.72 Å². The fourth-order valence-electron chi connectivity index (χ4n) is 1.60. The Morgan fingerprint density at radius 2 is 1.70 bits per heavy atom. The summed E-state index contributed by atoms with van der Waals surface area (Å²) in [6.45, 7) is 0. The van der Waals surface area contributed by atoms with Crippen LogP contribution in [0.25, 0.3) is 0 Å². The summed E-state index contributed by atoms with van der Waals surface area (Å²) in [5.41, 5.74) is -4.40. The van der Waals surface area contributed by atoms with Crippen LogP contribution >= 0.6 is 39.3 Å². The summed E-state index contributed by atoms with van der Waals surface area (Å²) >= 11 is 8.60. The van der Waals surface area contributed by atoms with Crippen molar-refractivity contribution < 1.29 is 21.6 Å². The molecule has 0 atom stereocenters. The van der Waals surface area contributed by atoms with Crippen LogP contribution in [-0.2, 0) is 10.0 Å². The molecule has 0 amide bonds. The first-order valence-electron chi connectivity index (χ1n) is 5.90. The Morgan fingerprint density at radius 3 is 2.22 bits per heavy atom. The molecule has 23 heavy (non-hydrogen) atoms. The van der Waals surface area contributed by atoms with E-state index in [1.165, 1.54) is 18.2 Å². The van der Waals surface area contributed by atoms with Crippen molar-refractivity contribution in [2.24, 2.45) is 0 Å². The van der Waals surface area contributed by atoms with Gasteiger partial charge in [-0.05, 0) is 54.2 Å². The first kappa shape index (κ1) is 18.4. The van der Waals surface area contributed by atoms with Gasteiger partial charge in [-0.25, -0.2) is 8.42 Å². The van der Waals surface area contributed by atoms with E-state index in [1.54, 1.807) is 12.1 Å². The molecular formula is C13H8BrClF3NO2S2. The lowest BCUT2D eigenvalue weighted by Crippen LogP contribution is -2.12. The highest BCUT2D eigenvalue weighted by atomic mass is 79.9. The van der Waals surface area contributed by atoms with Gasteiger partial charge in [0.15, 0.2) is 0 Å². The van der Waals surface area contributed by atoms with Gasteiger partial charge in [-0.1, -0.05) is 27.5 Å². The van der Waals surface area contributed by atoms with E-state index in [9.17, 15) is 21.6 Å². The van der Waals surface area contributed by atoms with E-state index in [1.807, 2.05) is 0 Å². The second-order valence-corrected chi connectivity index (χ2v) is 8.36. The molecule has 0 aliphatic heterocycles. The van der Waals surface area contributed by atoms with Crippen molar-refractivity contribution >= 4 is 55.0 Å². The van der Waals surface area contributed by atoms with Crippen LogP contribution in [0.3, 0.4) is 0 Å². The van der Waals surface area contributed by atoms with Gasteiger partial charge in [0.25, 0.3) is 10.0 Å². The van der Waals surface area contributed by atoms with Gasteiger partial charge in [0, 0.05) is 9.37 Å². The second kappa shape index (κ2) is 6.92. The summed E-state index contributed by atoms with van der Waals surface area (Å²) in [6.07, 6.45) is 0. The average Bonchev–Trinajstić information content (AvgIpc) is 2.41. The molecule has 0 saturated heterocycles. The van der Waals surface area contributed by atoms with E-state index in [4.69, 9.17) is 11.6 Å². The van der Waals surface area contributed by atoms with E-state index in [0.29, 0.717) is 4.47 Å². The second-order valence-electron chi connectivity index (χ2n) is 4.25. The largest absolute Gasteiger partial charge is 0.446 e. The molecule has 2 aromatic carbocycles. The predicted octanol–water partition coefficient (Wildman–Crippen LogP) is 5.52. The van der Waals surface area contributed by atoms with Gasteiger partial charge in [0.2, 0.25) is 0 Å². The van der Waals surface area contributed by atoms with Crippen molar-refractivity contribution in [1.82, 2.24) is 0 Å². The van der Waals surface area contributed by atoms with Crippen LogP contribution in [0.1, 0.15) is 0 Å². The number of rotatable bonds is 4. The number of hydrogen-bond acceptors (Lipinski definition) is 3. The molecule has 0 spiro atoms. The number of anilines is 1. The summed E-state index contributed by atoms with van der Waals surface area (Å²) in [7, 11) is -3.85. The standard InChI is InChI=1S/C13H8BrClF3NO2S2/c14-8-1-4-10(5-2-8)23(20,21)19-9-3-6-12(11(15)7-9)22-13(16,17)18/h1-7,19H. The molecule has 0 saturated carbocycles. The average molecular weight is 447 g/mol. The van der Waals surface area contributed by atoms with E-state index in [-0.39, 0.29) is 32.3 Å². The smallest absolute Gasteiger partial charge is 0.280 e. The minimum absolute atomic E-state index is 0.0190. The highest BCUT2D eigenvalue weighted by Gasteiger charge is 2.30. The number of halogens is 5. The van der Waals surface area contributed by atoms with Crippen molar-refractivity contribution in [3.05, 3.63) is 52.0 Å². The third kappa shape index (κ3) is 5.30. The van der Waals surface area contributed by atoms with Crippen LogP contribution in [0.4, 0.5) is 18.9 Å². The predicted molar refractivity (Wildman–Crippen MR) is 88.3 cm³/mol. The summed E-state index contributed by atoms with van der Waals surface area (Å²) in [5.74, 6) is 0. The van der Waals surface area contributed by atoms with Gasteiger partial charge in [0.05, 0.1) is 15.6 Å². The third-order valence-corrected chi connectivity index (χ3v) is 5.69. The maximum absolute atomic E-state index is 12.3. The fourth-order valence-corrected chi connectivity index (χ4v) is 3.75. The molecule has 3 nitrogen and oxygen atoms in total. The molecule has 0 heterocycles. The molecule has 0 radical (unpaired) electrons. The lowest BCUT2D eigenvalue weighted by Gasteiger charge is -2.11. The van der Waals surface area contributed by atoms with Gasteiger partial charge in [0.1, 0.15) is 0 Å². The van der Waals surface area contributed by atoms with E-state index < -0.39 is 15.5 Å². The van der Waals surface area contributed by atoms with Gasteiger partial charge < -0.3 is 0 Å². The van der Waals surface area contributed by atoms with Crippen LogP contribution in [-0.4, -0.2) is 13.9 Å². The van der Waals surface area contributed by atoms with Crippen LogP contribution in [0.2, 0.25) is 5.02 Å². The molecule has 124 valence electrons. The number of sulfonamides is 1. The van der Waals surface area contributed by atoms with E-state index >= 15 is 0 Å². The summed E-state index contributed by atoms with van der Waals surface area (Å²) in [5, 5.41) is -0.191. The summed E-state index contributed by atoms with van der Waals surface area (Å²) < 4.78 is 64.4. The zero-order valence-electron chi connectivity index (χ0n) is 11.1. The Balaban J connectivity index is 2.23. The number of nitrogens with one attached hydrogen (secondary N) is 1. The maximum Gasteiger partial charge on any atom is 0.446 e. The Labute approximate surface area is 148 Å². The molecule has 2 rings (SSSR count). The van der Waals surface area contributed by atoms with Crippen molar-refractivity contribution in [3.8, 4) is 0 Å². The Bertz CT molecular complexity index is 811. The van der Waals surface area contributed by atoms with Gasteiger partial charge >= 0.3 is 5.51 Å². The first-order valence-corrected chi connectivity index (χ1v) is 9.37. The molecule has 0 aliphatic carbocycles. The minimum atomic E-state index is -4.47. The lowest BCUT2D eigenvalue weighted by molar-refractivity contribution is -0.0328. The highest BCUT2D eigenvalue weighted by Crippen LogP contribution is 2.41. The topological polar surface area (TPSA) is 46.2 Å². The number of alkyl halides is 3. The molecule has 0 unspecified atom stereocenters. The zero-order valence-corrected chi connectivity index (χ0v) is 15.0. The third-order valence-electron chi connectivity index (χ3n) is 2.53. The SMILES string of the molecule is O=S(=O)(Nc1ccc(SC(F)(F)F)c(Cl)c1)c1ccc(Br)cc1. The van der Waals surface area contributed by atoms with Crippen LogP contribution in [0.5, 0.6) is 0 Å². The molecular weight excluding hydrogens is 439 g/mol. The molecule has 2 aromatic rings. The molecule has 0 aliphatic rings. The minimum Gasteiger partial charge on any atom is -0.280 e. The fraction of sp³-hybridized carbons (Fsp3) is 0.0769. The van der Waals surface area contributed by atoms with Crippen LogP contribution < -0.4 is 4.72 Å². The first-order chi connectivity index (χ1) is 10.6. The Hall–Kier alpha value is -0.900. The molecule has 1 N–H and O–H groups in total. The molecule has 0 aromatic heterocycles. The van der Waals surface area contributed by atoms with Gasteiger partial charge in [-0.3, -0.25) is 4.72 Å². The Kier molecular flexibility index (Phi) is 5.55. The lowest BCUT2D eigenvalue weighted by atomic mass is 10.3. The summed E-state index contributed by atoms with van der Waals surface area (Å²) in [4.78, 5) is -0.184. The van der Waals surface area contributed by atoms with Gasteiger partial charge in [-0.15, -0.1) is 0 Å². The maximum atomic E-state index is 12.3. The monoisotopic (exact) mass is 445 g/mol. The molecule has 10 heteroatoms. The molecule has 0 bridgehead atoms. The number of hydrogen-bond donors (Lipinski definition) is 1. The van der Waals surface area contributed by atoms with E-state index in [2.05, 4.69) is 20.7 Å². The van der Waals surface area contributed by atoms with Crippen molar-refractivity contribution in [2.45, 2.75) is 15.3 Å². The zero-order chi connectivity index (χ0) is 17.3. The summed E-state index contributed by atoms with van der Waals surface area (Å²) in [6, 6.07) is 9.36. The quantitative estimate of drug-likeness (QED) is 0.630. The van der Waals surface area contributed by atoms with Crippen molar-refractivity contribution in [1.29, 1.82) is 0 Å². The van der Waals surface area contributed by atoms with Crippen molar-refractivity contribution in [3.63, 3.8) is 0 Å². The van der Waals surface area contributed by atoms with Crippen LogP contribution in [0.15, 0.2) is 56.7 Å². The number of thioether (sulfide) groups is 1. The van der Waals surface area contributed by atoms with E-state index in [0.717, 1.165) is 12.1 Å². The highest BCUT2D eigenvalue weighted by molar-refractivity contribution is 9.10.